The van der Waals surface area contributed by atoms with Gasteiger partial charge in [0, 0.05) is 17.7 Å². The summed E-state index contributed by atoms with van der Waals surface area (Å²) in [5.74, 6) is 0.842. The zero-order valence-electron chi connectivity index (χ0n) is 12.5. The van der Waals surface area contributed by atoms with Gasteiger partial charge in [-0.15, -0.1) is 21.5 Å². The minimum atomic E-state index is -0.283. The number of thiophene rings is 1. The molecule has 1 aromatic carbocycles. The van der Waals surface area contributed by atoms with Gasteiger partial charge in [0.2, 0.25) is 5.82 Å². The molecule has 0 spiro atoms. The molecule has 0 fully saturated rings. The Morgan fingerprint density at radius 1 is 1.25 bits per heavy atom. The van der Waals surface area contributed by atoms with Crippen molar-refractivity contribution in [2.45, 2.75) is 10.9 Å². The molecule has 0 amide bonds. The van der Waals surface area contributed by atoms with Crippen LogP contribution < -0.4 is 10.9 Å². The Morgan fingerprint density at radius 3 is 2.83 bits per heavy atom. The first-order valence-electron chi connectivity index (χ1n) is 6.86. The Morgan fingerprint density at radius 2 is 2.08 bits per heavy atom. The predicted octanol–water partition coefficient (Wildman–Crippen LogP) is 4.58. The molecule has 3 rings (SSSR count). The molecule has 0 aliphatic heterocycles. The topological polar surface area (TPSA) is 59.8 Å². The standard InChI is InChI=1S/C15H12Cl2N4OS2/c1-21-14(22)13(18-11-6-2-5-10(16)12(11)17)19-20-15(21)24-8-9-4-3-7-23-9/h2-7H,8H2,1H3,(H,18,19). The normalized spacial score (nSPS) is 10.8. The molecule has 124 valence electrons. The third-order valence-corrected chi connectivity index (χ3v) is 6.11. The Balaban J connectivity index is 1.82. The molecule has 0 aliphatic carbocycles. The highest BCUT2D eigenvalue weighted by atomic mass is 35.5. The SMILES string of the molecule is Cn1c(SCc2cccs2)nnc(Nc2cccc(Cl)c2Cl)c1=O. The molecule has 0 atom stereocenters. The van der Waals surface area contributed by atoms with Gasteiger partial charge in [-0.3, -0.25) is 9.36 Å². The number of nitrogens with one attached hydrogen (secondary N) is 1. The van der Waals surface area contributed by atoms with Gasteiger partial charge in [0.05, 0.1) is 15.7 Å². The van der Waals surface area contributed by atoms with Crippen molar-refractivity contribution in [3.8, 4) is 0 Å². The van der Waals surface area contributed by atoms with Gasteiger partial charge < -0.3 is 5.32 Å². The smallest absolute Gasteiger partial charge is 0.297 e. The molecule has 1 N–H and O–H groups in total. The van der Waals surface area contributed by atoms with E-state index < -0.39 is 0 Å². The zero-order chi connectivity index (χ0) is 17.1. The van der Waals surface area contributed by atoms with Crippen molar-refractivity contribution in [3.05, 3.63) is 61.0 Å². The van der Waals surface area contributed by atoms with Crippen LogP contribution in [-0.2, 0) is 12.8 Å². The summed E-state index contributed by atoms with van der Waals surface area (Å²) in [7, 11) is 1.67. The van der Waals surface area contributed by atoms with E-state index in [2.05, 4.69) is 15.5 Å². The van der Waals surface area contributed by atoms with Gasteiger partial charge >= 0.3 is 0 Å². The molecule has 0 radical (unpaired) electrons. The lowest BCUT2D eigenvalue weighted by atomic mass is 10.3. The summed E-state index contributed by atoms with van der Waals surface area (Å²) >= 11 is 15.2. The fourth-order valence-corrected chi connectivity index (χ4v) is 3.94. The minimum absolute atomic E-state index is 0.0992. The number of anilines is 2. The molecule has 0 bridgehead atoms. The summed E-state index contributed by atoms with van der Waals surface area (Å²) in [4.78, 5) is 13.7. The summed E-state index contributed by atoms with van der Waals surface area (Å²) < 4.78 is 1.46. The van der Waals surface area contributed by atoms with E-state index in [0.717, 1.165) is 5.75 Å². The highest BCUT2D eigenvalue weighted by Gasteiger charge is 2.12. The molecule has 9 heteroatoms. The Labute approximate surface area is 156 Å². The van der Waals surface area contributed by atoms with Crippen molar-refractivity contribution < 1.29 is 0 Å². The first-order valence-corrected chi connectivity index (χ1v) is 9.48. The van der Waals surface area contributed by atoms with Gasteiger partial charge in [0.25, 0.3) is 5.56 Å². The minimum Gasteiger partial charge on any atom is -0.333 e. The van der Waals surface area contributed by atoms with Crippen molar-refractivity contribution in [1.29, 1.82) is 0 Å². The maximum atomic E-state index is 12.5. The van der Waals surface area contributed by atoms with Crippen molar-refractivity contribution >= 4 is 57.8 Å². The molecule has 0 saturated carbocycles. The number of thioether (sulfide) groups is 1. The van der Waals surface area contributed by atoms with Gasteiger partial charge in [-0.1, -0.05) is 47.1 Å². The van der Waals surface area contributed by atoms with E-state index in [1.807, 2.05) is 17.5 Å². The molecule has 0 saturated heterocycles. The van der Waals surface area contributed by atoms with E-state index in [-0.39, 0.29) is 11.4 Å². The van der Waals surface area contributed by atoms with Crippen LogP contribution in [0, 0.1) is 0 Å². The van der Waals surface area contributed by atoms with Crippen molar-refractivity contribution in [1.82, 2.24) is 14.8 Å². The van der Waals surface area contributed by atoms with E-state index in [1.54, 1.807) is 36.6 Å². The molecule has 0 unspecified atom stereocenters. The van der Waals surface area contributed by atoms with E-state index in [0.29, 0.717) is 20.9 Å². The fourth-order valence-electron chi connectivity index (χ4n) is 1.91. The number of hydrogen-bond acceptors (Lipinski definition) is 6. The maximum absolute atomic E-state index is 12.5. The van der Waals surface area contributed by atoms with Crippen LogP contribution in [0.25, 0.3) is 0 Å². The van der Waals surface area contributed by atoms with Crippen LogP contribution in [0.5, 0.6) is 0 Å². The van der Waals surface area contributed by atoms with Gasteiger partial charge in [0.1, 0.15) is 0 Å². The molecule has 2 heterocycles. The summed E-state index contributed by atoms with van der Waals surface area (Å²) in [6.45, 7) is 0. The average Bonchev–Trinajstić information content (AvgIpc) is 3.09. The van der Waals surface area contributed by atoms with Crippen molar-refractivity contribution in [2.24, 2.45) is 7.05 Å². The van der Waals surface area contributed by atoms with E-state index in [9.17, 15) is 4.79 Å². The van der Waals surface area contributed by atoms with E-state index in [4.69, 9.17) is 23.2 Å². The van der Waals surface area contributed by atoms with Crippen LogP contribution in [-0.4, -0.2) is 14.8 Å². The predicted molar refractivity (Wildman–Crippen MR) is 101 cm³/mol. The van der Waals surface area contributed by atoms with Crippen molar-refractivity contribution in [2.75, 3.05) is 5.32 Å². The monoisotopic (exact) mass is 398 g/mol. The molecule has 0 aliphatic rings. The van der Waals surface area contributed by atoms with E-state index in [1.165, 1.54) is 21.2 Å². The number of rotatable bonds is 5. The molecule has 2 aromatic heterocycles. The van der Waals surface area contributed by atoms with Gasteiger partial charge in [-0.2, -0.15) is 0 Å². The van der Waals surface area contributed by atoms with E-state index >= 15 is 0 Å². The van der Waals surface area contributed by atoms with Crippen LogP contribution in [0.1, 0.15) is 4.88 Å². The number of aromatic nitrogens is 3. The van der Waals surface area contributed by atoms with Gasteiger partial charge in [-0.05, 0) is 23.6 Å². The highest BCUT2D eigenvalue weighted by Crippen LogP contribution is 2.30. The van der Waals surface area contributed by atoms with Crippen LogP contribution in [0.3, 0.4) is 0 Å². The number of nitrogens with zero attached hydrogens (tertiary/aromatic N) is 3. The van der Waals surface area contributed by atoms with Gasteiger partial charge in [-0.25, -0.2) is 0 Å². The maximum Gasteiger partial charge on any atom is 0.297 e. The second-order valence-corrected chi connectivity index (χ2v) is 7.55. The molecular weight excluding hydrogens is 387 g/mol. The molecular formula is C15H12Cl2N4OS2. The van der Waals surface area contributed by atoms with Crippen LogP contribution in [0.4, 0.5) is 11.5 Å². The third kappa shape index (κ3) is 3.75. The number of hydrogen-bond donors (Lipinski definition) is 1. The largest absolute Gasteiger partial charge is 0.333 e. The Kier molecular flexibility index (Phi) is 5.45. The summed E-state index contributed by atoms with van der Waals surface area (Å²) in [6, 6.07) is 9.16. The first kappa shape index (κ1) is 17.3. The van der Waals surface area contributed by atoms with Crippen molar-refractivity contribution in [3.63, 3.8) is 0 Å². The molecule has 5 nitrogen and oxygen atoms in total. The second kappa shape index (κ2) is 7.57. The van der Waals surface area contributed by atoms with Crippen LogP contribution >= 0.6 is 46.3 Å². The first-order chi connectivity index (χ1) is 11.6. The molecule has 24 heavy (non-hydrogen) atoms. The second-order valence-electron chi connectivity index (χ2n) is 4.79. The Bertz CT molecular complexity index is 912. The average molecular weight is 399 g/mol. The highest BCUT2D eigenvalue weighted by molar-refractivity contribution is 7.98. The summed E-state index contributed by atoms with van der Waals surface area (Å²) in [5.41, 5.74) is 0.226. The van der Waals surface area contributed by atoms with Gasteiger partial charge in [0.15, 0.2) is 5.16 Å². The lowest BCUT2D eigenvalue weighted by Gasteiger charge is -2.10. The lowest BCUT2D eigenvalue weighted by Crippen LogP contribution is -2.24. The Hall–Kier alpha value is -1.54. The molecule has 3 aromatic rings. The van der Waals surface area contributed by atoms with Crippen LogP contribution in [0.15, 0.2) is 45.7 Å². The summed E-state index contributed by atoms with van der Waals surface area (Å²) in [5, 5.41) is 14.3. The zero-order valence-corrected chi connectivity index (χ0v) is 15.6. The number of halogens is 2. The third-order valence-electron chi connectivity index (χ3n) is 3.16. The quantitative estimate of drug-likeness (QED) is 0.637. The number of benzene rings is 1. The summed E-state index contributed by atoms with van der Waals surface area (Å²) in [6.07, 6.45) is 0. The lowest BCUT2D eigenvalue weighted by molar-refractivity contribution is 0.667. The fraction of sp³-hybridized carbons (Fsp3) is 0.133. The van der Waals surface area contributed by atoms with Crippen LogP contribution in [0.2, 0.25) is 10.0 Å².